The Hall–Kier alpha value is -1.69. The molecule has 2 heterocycles. The van der Waals surface area contributed by atoms with Crippen LogP contribution in [0.3, 0.4) is 0 Å². The molecule has 0 atom stereocenters. The van der Waals surface area contributed by atoms with E-state index in [1.165, 1.54) is 5.56 Å². The highest BCUT2D eigenvalue weighted by atomic mass is 15.3. The largest absolute Gasteiger partial charge is 0.306 e. The van der Waals surface area contributed by atoms with Crippen LogP contribution >= 0.6 is 0 Å². The highest BCUT2D eigenvalue weighted by molar-refractivity contribution is 5.16. The fourth-order valence-corrected chi connectivity index (χ4v) is 1.82. The summed E-state index contributed by atoms with van der Waals surface area (Å²) in [6, 6.07) is 0. The highest BCUT2D eigenvalue weighted by Crippen LogP contribution is 2.06. The molecule has 0 aliphatic carbocycles. The van der Waals surface area contributed by atoms with E-state index < -0.39 is 0 Å². The lowest BCUT2D eigenvalue weighted by molar-refractivity contribution is 0.612. The molecule has 2 aromatic rings. The Morgan fingerprint density at radius 2 is 2.12 bits per heavy atom. The Morgan fingerprint density at radius 1 is 1.29 bits per heavy atom. The van der Waals surface area contributed by atoms with Crippen LogP contribution in [0.2, 0.25) is 0 Å². The second-order valence-corrected chi connectivity index (χ2v) is 4.03. The molecule has 0 unspecified atom stereocenters. The number of hydrogen-bond donors (Lipinski definition) is 1. The van der Waals surface area contributed by atoms with Crippen molar-refractivity contribution in [2.75, 3.05) is 0 Å². The van der Waals surface area contributed by atoms with Gasteiger partial charge in [0.2, 0.25) is 0 Å². The van der Waals surface area contributed by atoms with E-state index in [4.69, 9.17) is 0 Å². The Labute approximate surface area is 101 Å². The minimum absolute atomic E-state index is 0.717. The molecule has 17 heavy (non-hydrogen) atoms. The SMILES string of the molecule is CCc1nn(C)cc1CNCc1ncnn1C. The normalized spacial score (nSPS) is 11.0. The molecule has 6 nitrogen and oxygen atoms in total. The molecule has 0 radical (unpaired) electrons. The zero-order chi connectivity index (χ0) is 12.3. The summed E-state index contributed by atoms with van der Waals surface area (Å²) in [7, 11) is 3.84. The van der Waals surface area contributed by atoms with Gasteiger partial charge in [0, 0.05) is 32.4 Å². The fourth-order valence-electron chi connectivity index (χ4n) is 1.82. The third-order valence-electron chi connectivity index (χ3n) is 2.73. The van der Waals surface area contributed by atoms with Gasteiger partial charge in [0.25, 0.3) is 0 Å². The molecule has 0 aliphatic rings. The van der Waals surface area contributed by atoms with Crippen molar-refractivity contribution in [3.8, 4) is 0 Å². The number of nitrogens with zero attached hydrogens (tertiary/aromatic N) is 5. The van der Waals surface area contributed by atoms with E-state index in [9.17, 15) is 0 Å². The van der Waals surface area contributed by atoms with E-state index in [1.54, 1.807) is 11.0 Å². The number of aryl methyl sites for hydroxylation is 3. The van der Waals surface area contributed by atoms with Gasteiger partial charge in [-0.2, -0.15) is 10.2 Å². The van der Waals surface area contributed by atoms with Gasteiger partial charge in [0.1, 0.15) is 12.2 Å². The molecule has 6 heteroatoms. The molecule has 0 bridgehead atoms. The Morgan fingerprint density at radius 3 is 2.76 bits per heavy atom. The monoisotopic (exact) mass is 234 g/mol. The first-order chi connectivity index (χ1) is 8.20. The lowest BCUT2D eigenvalue weighted by Crippen LogP contribution is -2.16. The van der Waals surface area contributed by atoms with Gasteiger partial charge in [-0.15, -0.1) is 0 Å². The average molecular weight is 234 g/mol. The predicted molar refractivity (Wildman–Crippen MR) is 64.1 cm³/mol. The summed E-state index contributed by atoms with van der Waals surface area (Å²) in [6.45, 7) is 3.65. The van der Waals surface area contributed by atoms with Crippen LogP contribution in [0, 0.1) is 0 Å². The zero-order valence-corrected chi connectivity index (χ0v) is 10.5. The second kappa shape index (κ2) is 5.09. The number of hydrogen-bond acceptors (Lipinski definition) is 4. The van der Waals surface area contributed by atoms with E-state index in [2.05, 4.69) is 33.6 Å². The third kappa shape index (κ3) is 2.71. The van der Waals surface area contributed by atoms with Crippen molar-refractivity contribution in [3.63, 3.8) is 0 Å². The van der Waals surface area contributed by atoms with E-state index >= 15 is 0 Å². The summed E-state index contributed by atoms with van der Waals surface area (Å²) >= 11 is 0. The molecule has 1 N–H and O–H groups in total. The van der Waals surface area contributed by atoms with Crippen molar-refractivity contribution in [1.29, 1.82) is 0 Å². The summed E-state index contributed by atoms with van der Waals surface area (Å²) in [6.07, 6.45) is 4.59. The third-order valence-corrected chi connectivity index (χ3v) is 2.73. The quantitative estimate of drug-likeness (QED) is 0.813. The van der Waals surface area contributed by atoms with E-state index in [-0.39, 0.29) is 0 Å². The Kier molecular flexibility index (Phi) is 3.53. The summed E-state index contributed by atoms with van der Waals surface area (Å²) in [5, 5.41) is 11.8. The lowest BCUT2D eigenvalue weighted by atomic mass is 10.2. The van der Waals surface area contributed by atoms with Gasteiger partial charge in [-0.1, -0.05) is 6.92 Å². The zero-order valence-electron chi connectivity index (χ0n) is 10.5. The first-order valence-corrected chi connectivity index (χ1v) is 5.75. The van der Waals surface area contributed by atoms with E-state index in [0.717, 1.165) is 24.5 Å². The fraction of sp³-hybridized carbons (Fsp3) is 0.545. The molecule has 0 saturated heterocycles. The molecule has 0 aliphatic heterocycles. The van der Waals surface area contributed by atoms with Crippen molar-refractivity contribution < 1.29 is 0 Å². The van der Waals surface area contributed by atoms with E-state index in [1.807, 2.05) is 18.8 Å². The number of aromatic nitrogens is 5. The maximum absolute atomic E-state index is 4.41. The molecule has 0 amide bonds. The van der Waals surface area contributed by atoms with Gasteiger partial charge in [0.15, 0.2) is 0 Å². The van der Waals surface area contributed by atoms with Crippen molar-refractivity contribution >= 4 is 0 Å². The second-order valence-electron chi connectivity index (χ2n) is 4.03. The lowest BCUT2D eigenvalue weighted by Gasteiger charge is -2.03. The summed E-state index contributed by atoms with van der Waals surface area (Å²) in [4.78, 5) is 4.16. The summed E-state index contributed by atoms with van der Waals surface area (Å²) in [5.74, 6) is 0.937. The van der Waals surface area contributed by atoms with Crippen LogP contribution in [-0.2, 0) is 33.6 Å². The molecule has 0 saturated carbocycles. The van der Waals surface area contributed by atoms with Crippen LogP contribution in [0.5, 0.6) is 0 Å². The van der Waals surface area contributed by atoms with Crippen molar-refractivity contribution in [3.05, 3.63) is 29.6 Å². The van der Waals surface area contributed by atoms with E-state index in [0.29, 0.717) is 6.54 Å². The molecule has 2 rings (SSSR count). The maximum atomic E-state index is 4.41. The van der Waals surface area contributed by atoms with Crippen LogP contribution in [0.15, 0.2) is 12.5 Å². The molecular formula is C11H18N6. The molecule has 92 valence electrons. The topological polar surface area (TPSA) is 60.6 Å². The summed E-state index contributed by atoms with van der Waals surface area (Å²) < 4.78 is 3.63. The minimum atomic E-state index is 0.717. The Bertz CT molecular complexity index is 484. The van der Waals surface area contributed by atoms with Gasteiger partial charge in [-0.3, -0.25) is 9.36 Å². The first kappa shape index (κ1) is 11.8. The average Bonchev–Trinajstić information content (AvgIpc) is 2.86. The van der Waals surface area contributed by atoms with Crippen LogP contribution in [0.4, 0.5) is 0 Å². The molecule has 0 spiro atoms. The van der Waals surface area contributed by atoms with Crippen LogP contribution in [0.25, 0.3) is 0 Å². The Balaban J connectivity index is 1.92. The van der Waals surface area contributed by atoms with Crippen LogP contribution in [-0.4, -0.2) is 24.5 Å². The van der Waals surface area contributed by atoms with Gasteiger partial charge < -0.3 is 5.32 Å². The standard InChI is InChI=1S/C11H18N6/c1-4-10-9(7-16(2)15-10)5-12-6-11-13-8-14-17(11)3/h7-8,12H,4-6H2,1-3H3. The number of nitrogens with one attached hydrogen (secondary N) is 1. The van der Waals surface area contributed by atoms with Crippen LogP contribution < -0.4 is 5.32 Å². The molecule has 2 aromatic heterocycles. The van der Waals surface area contributed by atoms with Gasteiger partial charge >= 0.3 is 0 Å². The predicted octanol–water partition coefficient (Wildman–Crippen LogP) is 0.401. The smallest absolute Gasteiger partial charge is 0.140 e. The first-order valence-electron chi connectivity index (χ1n) is 5.75. The minimum Gasteiger partial charge on any atom is -0.306 e. The number of rotatable bonds is 5. The maximum Gasteiger partial charge on any atom is 0.140 e. The van der Waals surface area contributed by atoms with Crippen molar-refractivity contribution in [2.45, 2.75) is 26.4 Å². The molecule has 0 fully saturated rings. The van der Waals surface area contributed by atoms with Crippen molar-refractivity contribution in [1.82, 2.24) is 29.9 Å². The van der Waals surface area contributed by atoms with Crippen molar-refractivity contribution in [2.24, 2.45) is 14.1 Å². The molecule has 0 aromatic carbocycles. The van der Waals surface area contributed by atoms with Crippen LogP contribution in [0.1, 0.15) is 24.0 Å². The highest BCUT2D eigenvalue weighted by Gasteiger charge is 2.06. The van der Waals surface area contributed by atoms with Gasteiger partial charge in [-0.05, 0) is 6.42 Å². The van der Waals surface area contributed by atoms with Gasteiger partial charge in [0.05, 0.1) is 12.2 Å². The molecular weight excluding hydrogens is 216 g/mol. The van der Waals surface area contributed by atoms with Gasteiger partial charge in [-0.25, -0.2) is 4.98 Å². The summed E-state index contributed by atoms with van der Waals surface area (Å²) in [5.41, 5.74) is 2.40.